The number of nitrogens with two attached hydrogens (primary N) is 1. The Morgan fingerprint density at radius 2 is 1.85 bits per heavy atom. The second-order valence-electron chi connectivity index (χ2n) is 6.42. The van der Waals surface area contributed by atoms with E-state index in [2.05, 4.69) is 25.6 Å². The fraction of sp³-hybridized carbons (Fsp3) is 0.278. The molecule has 1 aromatic carbocycles. The predicted octanol–water partition coefficient (Wildman–Crippen LogP) is 3.19. The zero-order valence-corrected chi connectivity index (χ0v) is 14.7. The Bertz CT molecular complexity index is 876. The number of anilines is 1. The molecular weight excluding hydrogens is 357 g/mol. The molecule has 1 atom stereocenters. The predicted molar refractivity (Wildman–Crippen MR) is 98.2 cm³/mol. The number of aromatic nitrogens is 1. The molecule has 2 aromatic rings. The third-order valence-corrected chi connectivity index (χ3v) is 4.06. The molecule has 1 aliphatic rings. The average Bonchev–Trinajstić information content (AvgIpc) is 2.61. The minimum Gasteiger partial charge on any atom is -0.333 e. The zero-order valence-electron chi connectivity index (χ0n) is 14.7. The van der Waals surface area contributed by atoms with Crippen LogP contribution in [0.3, 0.4) is 0 Å². The van der Waals surface area contributed by atoms with E-state index in [4.69, 9.17) is 5.73 Å². The number of nitrogens with one attached hydrogen (secondary N) is 2. The molecule has 0 amide bonds. The number of amidine groups is 1. The highest BCUT2D eigenvalue weighted by Gasteiger charge is 2.35. The van der Waals surface area contributed by atoms with Crippen LogP contribution in [0.1, 0.15) is 25.1 Å². The Morgan fingerprint density at radius 1 is 1.15 bits per heavy atom. The van der Waals surface area contributed by atoms with E-state index in [0.717, 1.165) is 17.8 Å². The van der Waals surface area contributed by atoms with Gasteiger partial charge in [0.15, 0.2) is 5.79 Å². The fourth-order valence-electron chi connectivity index (χ4n) is 2.41. The van der Waals surface area contributed by atoms with Gasteiger partial charge in [-0.15, -0.1) is 0 Å². The Morgan fingerprint density at radius 3 is 2.48 bits per heavy atom. The van der Waals surface area contributed by atoms with Crippen molar-refractivity contribution in [2.24, 2.45) is 21.6 Å². The third kappa shape index (κ3) is 4.25. The van der Waals surface area contributed by atoms with Crippen LogP contribution in [-0.2, 0) is 6.18 Å². The third-order valence-electron chi connectivity index (χ3n) is 4.06. The summed E-state index contributed by atoms with van der Waals surface area (Å²) in [5.74, 6) is -0.668. The summed E-state index contributed by atoms with van der Waals surface area (Å²) >= 11 is 0. The van der Waals surface area contributed by atoms with Crippen LogP contribution in [0.2, 0.25) is 0 Å². The summed E-state index contributed by atoms with van der Waals surface area (Å²) in [6, 6.07) is 11.6. The van der Waals surface area contributed by atoms with Crippen molar-refractivity contribution in [1.82, 2.24) is 10.3 Å². The van der Waals surface area contributed by atoms with Gasteiger partial charge >= 0.3 is 6.18 Å². The maximum atomic E-state index is 12.9. The van der Waals surface area contributed by atoms with Gasteiger partial charge in [0.2, 0.25) is 5.96 Å². The first-order chi connectivity index (χ1) is 12.7. The van der Waals surface area contributed by atoms with Crippen molar-refractivity contribution in [2.45, 2.75) is 25.8 Å². The highest BCUT2D eigenvalue weighted by Crippen LogP contribution is 2.29. The van der Waals surface area contributed by atoms with Crippen LogP contribution >= 0.6 is 0 Å². The zero-order chi connectivity index (χ0) is 19.7. The number of aliphatic imine (C=N–C) groups is 2. The van der Waals surface area contributed by atoms with Crippen molar-refractivity contribution in [3.63, 3.8) is 0 Å². The maximum absolute atomic E-state index is 12.9. The number of guanidine groups is 1. The van der Waals surface area contributed by atoms with Crippen LogP contribution in [0, 0.1) is 5.92 Å². The summed E-state index contributed by atoms with van der Waals surface area (Å²) in [6.07, 6.45) is -3.46. The minimum atomic E-state index is -4.54. The smallest absolute Gasteiger partial charge is 0.333 e. The summed E-state index contributed by atoms with van der Waals surface area (Å²) < 4.78 is 38.6. The first kappa shape index (κ1) is 18.8. The monoisotopic (exact) mass is 376 g/mol. The molecule has 6 nitrogen and oxygen atoms in total. The molecule has 1 aromatic heterocycles. The molecule has 0 aliphatic carbocycles. The molecule has 0 bridgehead atoms. The lowest BCUT2D eigenvalue weighted by molar-refractivity contribution is -0.141. The largest absolute Gasteiger partial charge is 0.433 e. The van der Waals surface area contributed by atoms with Crippen LogP contribution in [-0.4, -0.2) is 22.6 Å². The van der Waals surface area contributed by atoms with Crippen LogP contribution in [0.4, 0.5) is 18.9 Å². The van der Waals surface area contributed by atoms with Gasteiger partial charge in [-0.05, 0) is 12.1 Å². The molecule has 0 radical (unpaired) electrons. The summed E-state index contributed by atoms with van der Waals surface area (Å²) in [5.41, 5.74) is 6.31. The van der Waals surface area contributed by atoms with Gasteiger partial charge in [0.1, 0.15) is 11.5 Å². The number of hydrogen-bond acceptors (Lipinski definition) is 6. The number of nitrogens with zero attached hydrogens (tertiary/aromatic N) is 3. The molecule has 0 saturated heterocycles. The first-order valence-corrected chi connectivity index (χ1v) is 8.29. The van der Waals surface area contributed by atoms with Crippen LogP contribution in [0.15, 0.2) is 58.6 Å². The minimum absolute atomic E-state index is 0.105. The number of rotatable bonds is 3. The lowest BCUT2D eigenvalue weighted by Gasteiger charge is -2.35. The molecule has 9 heteroatoms. The molecular formula is C18H19F3N6. The number of halogens is 3. The Labute approximate surface area is 154 Å². The van der Waals surface area contributed by atoms with Crippen LogP contribution in [0.5, 0.6) is 0 Å². The quantitative estimate of drug-likeness (QED) is 0.768. The van der Waals surface area contributed by atoms with Crippen molar-refractivity contribution in [3.8, 4) is 0 Å². The number of alkyl halides is 3. The fourth-order valence-corrected chi connectivity index (χ4v) is 2.41. The summed E-state index contributed by atoms with van der Waals surface area (Å²) in [4.78, 5) is 12.1. The van der Waals surface area contributed by atoms with Gasteiger partial charge < -0.3 is 10.6 Å². The molecule has 0 fully saturated rings. The number of pyridine rings is 1. The molecule has 0 saturated carbocycles. The standard InChI is InChI=1S/C18H19F3N6/c1-11(2)18(22)26-15(12-6-4-3-5-7-12)25-16(27-18)24-13-8-9-23-14(10-13)17(19,20)21/h3-11H,22H2,1-2H3,(H2,23,24,25,26,27). The Kier molecular flexibility index (Phi) is 4.88. The highest BCUT2D eigenvalue weighted by molar-refractivity contribution is 6.10. The summed E-state index contributed by atoms with van der Waals surface area (Å²) in [6.45, 7) is 3.77. The highest BCUT2D eigenvalue weighted by atomic mass is 19.4. The Balaban J connectivity index is 1.97. The van der Waals surface area contributed by atoms with Crippen molar-refractivity contribution in [2.75, 3.05) is 5.32 Å². The number of benzene rings is 1. The van der Waals surface area contributed by atoms with Gasteiger partial charge in [-0.3, -0.25) is 10.7 Å². The topological polar surface area (TPSA) is 87.7 Å². The SMILES string of the molecule is CC(C)C1(N)N=C(Nc2ccnc(C(F)(F)F)c2)N=C(c2ccccc2)N1. The van der Waals surface area contributed by atoms with Gasteiger partial charge in [-0.2, -0.15) is 18.2 Å². The second kappa shape index (κ2) is 6.99. The van der Waals surface area contributed by atoms with E-state index >= 15 is 0 Å². The van der Waals surface area contributed by atoms with E-state index in [-0.39, 0.29) is 17.6 Å². The van der Waals surface area contributed by atoms with E-state index in [9.17, 15) is 13.2 Å². The van der Waals surface area contributed by atoms with Gasteiger partial charge in [-0.25, -0.2) is 4.99 Å². The van der Waals surface area contributed by atoms with Crippen molar-refractivity contribution < 1.29 is 13.2 Å². The Hall–Kier alpha value is -2.94. The van der Waals surface area contributed by atoms with Crippen LogP contribution in [0.25, 0.3) is 0 Å². The van der Waals surface area contributed by atoms with E-state index in [1.54, 1.807) is 0 Å². The lowest BCUT2D eigenvalue weighted by atomic mass is 10.0. The normalized spacial score (nSPS) is 20.0. The first-order valence-electron chi connectivity index (χ1n) is 8.29. The van der Waals surface area contributed by atoms with E-state index < -0.39 is 17.7 Å². The molecule has 3 rings (SSSR count). The molecule has 4 N–H and O–H groups in total. The molecule has 2 heterocycles. The molecule has 1 unspecified atom stereocenters. The van der Waals surface area contributed by atoms with Gasteiger partial charge in [0.25, 0.3) is 0 Å². The van der Waals surface area contributed by atoms with E-state index in [1.807, 2.05) is 44.2 Å². The van der Waals surface area contributed by atoms with E-state index in [0.29, 0.717) is 5.84 Å². The summed E-state index contributed by atoms with van der Waals surface area (Å²) in [5, 5.41) is 5.91. The van der Waals surface area contributed by atoms with Crippen molar-refractivity contribution in [3.05, 3.63) is 59.9 Å². The number of hydrogen-bond donors (Lipinski definition) is 3. The van der Waals surface area contributed by atoms with Crippen molar-refractivity contribution >= 4 is 17.5 Å². The molecule has 142 valence electrons. The van der Waals surface area contributed by atoms with Crippen LogP contribution < -0.4 is 16.4 Å². The molecule has 1 aliphatic heterocycles. The van der Waals surface area contributed by atoms with E-state index in [1.165, 1.54) is 6.07 Å². The average molecular weight is 376 g/mol. The molecule has 0 spiro atoms. The maximum Gasteiger partial charge on any atom is 0.433 e. The van der Waals surface area contributed by atoms with Gasteiger partial charge in [0.05, 0.1) is 0 Å². The second-order valence-corrected chi connectivity index (χ2v) is 6.42. The molecule has 27 heavy (non-hydrogen) atoms. The summed E-state index contributed by atoms with van der Waals surface area (Å²) in [7, 11) is 0. The van der Waals surface area contributed by atoms with Crippen molar-refractivity contribution in [1.29, 1.82) is 0 Å². The van der Waals surface area contributed by atoms with Gasteiger partial charge in [0, 0.05) is 23.4 Å². The lowest BCUT2D eigenvalue weighted by Crippen LogP contribution is -2.61. The van der Waals surface area contributed by atoms with Gasteiger partial charge in [-0.1, -0.05) is 44.2 Å².